The molecule has 0 atom stereocenters. The fraction of sp³-hybridized carbons (Fsp3) is 0.357. The molecule has 1 aromatic carbocycles. The highest BCUT2D eigenvalue weighted by Gasteiger charge is 2.09. The van der Waals surface area contributed by atoms with E-state index < -0.39 is 0 Å². The minimum Gasteiger partial charge on any atom is -0.497 e. The summed E-state index contributed by atoms with van der Waals surface area (Å²) >= 11 is 1.62. The van der Waals surface area contributed by atoms with Crippen LogP contribution in [0.15, 0.2) is 24.3 Å². The Morgan fingerprint density at radius 3 is 2.63 bits per heavy atom. The third kappa shape index (κ3) is 3.53. The second-order valence-electron chi connectivity index (χ2n) is 4.03. The first kappa shape index (κ1) is 14.0. The Balaban J connectivity index is 2.13. The molecule has 0 amide bonds. The number of methoxy groups -OCH3 is 1. The van der Waals surface area contributed by atoms with Gasteiger partial charge in [0.15, 0.2) is 0 Å². The summed E-state index contributed by atoms with van der Waals surface area (Å²) in [6.45, 7) is 2.87. The monoisotopic (exact) mass is 279 g/mol. The predicted molar refractivity (Wildman–Crippen MR) is 75.6 cm³/mol. The first-order chi connectivity index (χ1) is 9.24. The highest BCUT2D eigenvalue weighted by molar-refractivity contribution is 7.15. The van der Waals surface area contributed by atoms with E-state index >= 15 is 0 Å². The van der Waals surface area contributed by atoms with Crippen molar-refractivity contribution in [1.82, 2.24) is 4.98 Å². The van der Waals surface area contributed by atoms with Gasteiger partial charge in [-0.15, -0.1) is 11.3 Å². The van der Waals surface area contributed by atoms with Crippen molar-refractivity contribution in [3.63, 3.8) is 0 Å². The average molecular weight is 279 g/mol. The van der Waals surface area contributed by atoms with Gasteiger partial charge in [-0.25, -0.2) is 4.98 Å². The van der Waals surface area contributed by atoms with Gasteiger partial charge in [-0.3, -0.25) is 0 Å². The van der Waals surface area contributed by atoms with E-state index in [0.717, 1.165) is 26.9 Å². The van der Waals surface area contributed by atoms with E-state index in [1.807, 2.05) is 31.2 Å². The van der Waals surface area contributed by atoms with Gasteiger partial charge in [0.25, 0.3) is 0 Å². The van der Waals surface area contributed by atoms with Crippen molar-refractivity contribution >= 4 is 11.3 Å². The maximum atomic E-state index is 8.70. The van der Waals surface area contributed by atoms with Gasteiger partial charge in [0.05, 0.1) is 37.5 Å². The van der Waals surface area contributed by atoms with Crippen molar-refractivity contribution < 1.29 is 14.6 Å². The van der Waals surface area contributed by atoms with Gasteiger partial charge in [-0.2, -0.15) is 0 Å². The van der Waals surface area contributed by atoms with Crippen molar-refractivity contribution in [2.75, 3.05) is 20.3 Å². The van der Waals surface area contributed by atoms with E-state index in [4.69, 9.17) is 14.6 Å². The lowest BCUT2D eigenvalue weighted by Gasteiger charge is -2.00. The van der Waals surface area contributed by atoms with E-state index in [9.17, 15) is 0 Å². The Morgan fingerprint density at radius 1 is 1.26 bits per heavy atom. The number of hydrogen-bond acceptors (Lipinski definition) is 5. The van der Waals surface area contributed by atoms with Crippen molar-refractivity contribution in [1.29, 1.82) is 0 Å². The molecule has 2 rings (SSSR count). The summed E-state index contributed by atoms with van der Waals surface area (Å²) in [5.41, 5.74) is 2.05. The molecule has 0 saturated heterocycles. The summed E-state index contributed by atoms with van der Waals surface area (Å²) in [5, 5.41) is 9.67. The number of hydrogen-bond donors (Lipinski definition) is 1. The Morgan fingerprint density at radius 2 is 2.00 bits per heavy atom. The zero-order valence-electron chi connectivity index (χ0n) is 11.0. The van der Waals surface area contributed by atoms with Crippen LogP contribution in [0.25, 0.3) is 10.6 Å². The van der Waals surface area contributed by atoms with Gasteiger partial charge in [0.1, 0.15) is 10.8 Å². The van der Waals surface area contributed by atoms with Crippen LogP contribution in [0.5, 0.6) is 5.75 Å². The van der Waals surface area contributed by atoms with E-state index in [-0.39, 0.29) is 6.61 Å². The summed E-state index contributed by atoms with van der Waals surface area (Å²) in [7, 11) is 1.65. The van der Waals surface area contributed by atoms with Crippen LogP contribution in [0.2, 0.25) is 0 Å². The molecular weight excluding hydrogens is 262 g/mol. The largest absolute Gasteiger partial charge is 0.497 e. The minimum atomic E-state index is 0.0448. The molecule has 0 bridgehead atoms. The first-order valence-corrected chi connectivity index (χ1v) is 6.85. The lowest BCUT2D eigenvalue weighted by atomic mass is 10.2. The quantitative estimate of drug-likeness (QED) is 0.826. The smallest absolute Gasteiger partial charge is 0.123 e. The van der Waals surface area contributed by atoms with Gasteiger partial charge >= 0.3 is 0 Å². The second-order valence-corrected chi connectivity index (χ2v) is 5.12. The van der Waals surface area contributed by atoms with E-state index in [1.54, 1.807) is 18.4 Å². The molecule has 0 aliphatic rings. The van der Waals surface area contributed by atoms with Crippen molar-refractivity contribution in [2.24, 2.45) is 0 Å². The van der Waals surface area contributed by atoms with Crippen LogP contribution in [0.3, 0.4) is 0 Å². The summed E-state index contributed by atoms with van der Waals surface area (Å²) < 4.78 is 10.5. The number of aliphatic hydroxyl groups excluding tert-OH is 1. The van der Waals surface area contributed by atoms with Crippen molar-refractivity contribution in [3.05, 3.63) is 34.8 Å². The van der Waals surface area contributed by atoms with Gasteiger partial charge in [0.2, 0.25) is 0 Å². The van der Waals surface area contributed by atoms with Crippen LogP contribution in [0.4, 0.5) is 0 Å². The summed E-state index contributed by atoms with van der Waals surface area (Å²) in [5.74, 6) is 0.837. The number of nitrogens with zero attached hydrogens (tertiary/aromatic N) is 1. The third-order valence-electron chi connectivity index (χ3n) is 2.70. The molecule has 1 heterocycles. The number of aromatic nitrogens is 1. The molecule has 0 aliphatic carbocycles. The molecule has 2 aromatic rings. The molecule has 0 aliphatic heterocycles. The maximum Gasteiger partial charge on any atom is 0.123 e. The first-order valence-electron chi connectivity index (χ1n) is 6.04. The fourth-order valence-corrected chi connectivity index (χ4v) is 2.65. The number of benzene rings is 1. The van der Waals surface area contributed by atoms with Gasteiger partial charge in [0, 0.05) is 5.56 Å². The van der Waals surface area contributed by atoms with Crippen molar-refractivity contribution in [3.8, 4) is 16.3 Å². The molecule has 0 unspecified atom stereocenters. The minimum absolute atomic E-state index is 0.0448. The highest BCUT2D eigenvalue weighted by Crippen LogP contribution is 2.29. The Hall–Kier alpha value is -1.43. The summed E-state index contributed by atoms with van der Waals surface area (Å²) in [4.78, 5) is 5.65. The van der Waals surface area contributed by atoms with Crippen LogP contribution < -0.4 is 4.74 Å². The summed E-state index contributed by atoms with van der Waals surface area (Å²) in [6, 6.07) is 7.84. The van der Waals surface area contributed by atoms with Crippen LogP contribution in [0, 0.1) is 6.92 Å². The van der Waals surface area contributed by atoms with Crippen LogP contribution in [-0.4, -0.2) is 30.4 Å². The molecule has 1 aromatic heterocycles. The standard InChI is InChI=1S/C14H17NO3S/c1-10-13(9-18-8-7-16)19-14(15-10)11-3-5-12(17-2)6-4-11/h3-6,16H,7-9H2,1-2H3. The van der Waals surface area contributed by atoms with Gasteiger partial charge in [-0.05, 0) is 31.2 Å². The molecule has 0 saturated carbocycles. The number of aliphatic hydroxyl groups is 1. The fourth-order valence-electron chi connectivity index (χ4n) is 1.65. The van der Waals surface area contributed by atoms with Crippen LogP contribution >= 0.6 is 11.3 Å². The zero-order chi connectivity index (χ0) is 13.7. The molecule has 1 N–H and O–H groups in total. The van der Waals surface area contributed by atoms with E-state index in [2.05, 4.69) is 4.98 Å². The van der Waals surface area contributed by atoms with E-state index in [0.29, 0.717) is 13.2 Å². The highest BCUT2D eigenvalue weighted by atomic mass is 32.1. The van der Waals surface area contributed by atoms with E-state index in [1.165, 1.54) is 0 Å². The lowest BCUT2D eigenvalue weighted by Crippen LogP contribution is -1.98. The molecule has 0 radical (unpaired) electrons. The second kappa shape index (κ2) is 6.65. The predicted octanol–water partition coefficient (Wildman–Crippen LogP) is 2.64. The van der Waals surface area contributed by atoms with Gasteiger partial charge in [-0.1, -0.05) is 0 Å². The third-order valence-corrected chi connectivity index (χ3v) is 3.88. The molecule has 102 valence electrons. The molecule has 4 nitrogen and oxygen atoms in total. The molecule has 0 fully saturated rings. The number of ether oxygens (including phenoxy) is 2. The maximum absolute atomic E-state index is 8.70. The zero-order valence-corrected chi connectivity index (χ0v) is 11.9. The molecular formula is C14H17NO3S. The SMILES string of the molecule is COc1ccc(-c2nc(C)c(COCCO)s2)cc1. The molecule has 19 heavy (non-hydrogen) atoms. The van der Waals surface area contributed by atoms with Crippen molar-refractivity contribution in [2.45, 2.75) is 13.5 Å². The molecule has 0 spiro atoms. The Bertz CT molecular complexity index is 522. The molecule has 5 heteroatoms. The summed E-state index contributed by atoms with van der Waals surface area (Å²) in [6.07, 6.45) is 0. The average Bonchev–Trinajstić information content (AvgIpc) is 2.81. The van der Waals surface area contributed by atoms with Gasteiger partial charge < -0.3 is 14.6 Å². The Labute approximate surface area is 116 Å². The van der Waals surface area contributed by atoms with Crippen LogP contribution in [-0.2, 0) is 11.3 Å². The Kier molecular flexibility index (Phi) is 4.90. The lowest BCUT2D eigenvalue weighted by molar-refractivity contribution is 0.0827. The number of thiazole rings is 1. The topological polar surface area (TPSA) is 51.6 Å². The number of aryl methyl sites for hydroxylation is 1. The number of rotatable bonds is 6. The van der Waals surface area contributed by atoms with Crippen LogP contribution in [0.1, 0.15) is 10.6 Å². The normalized spacial score (nSPS) is 10.7.